The van der Waals surface area contributed by atoms with E-state index >= 15 is 0 Å². The number of fused-ring (bicyclic) bond motifs is 2. The third kappa shape index (κ3) is 2.88. The molecule has 0 radical (unpaired) electrons. The van der Waals surface area contributed by atoms with E-state index in [4.69, 9.17) is 0 Å². The van der Waals surface area contributed by atoms with Crippen molar-refractivity contribution in [2.24, 2.45) is 0 Å². The zero-order chi connectivity index (χ0) is 17.9. The van der Waals surface area contributed by atoms with Crippen molar-refractivity contribution in [2.45, 2.75) is 9.79 Å². The SMILES string of the molecule is O.O=C1c2cccc(S(=O)(=O)O)c2C(=O)c2cccc(S(=O)(=O)O)c21. The Morgan fingerprint density at radius 3 is 1.24 bits per heavy atom. The molecular formula is C14H10O9S2. The largest absolute Gasteiger partial charge is 0.412 e. The number of benzene rings is 2. The smallest absolute Gasteiger partial charge is 0.295 e. The summed E-state index contributed by atoms with van der Waals surface area (Å²) in [5, 5.41) is 0. The van der Waals surface area contributed by atoms with Gasteiger partial charge in [0.05, 0.1) is 11.1 Å². The van der Waals surface area contributed by atoms with Gasteiger partial charge in [0.15, 0.2) is 11.6 Å². The summed E-state index contributed by atoms with van der Waals surface area (Å²) in [6.45, 7) is 0. The van der Waals surface area contributed by atoms with Gasteiger partial charge in [-0.1, -0.05) is 24.3 Å². The van der Waals surface area contributed by atoms with Crippen LogP contribution in [0.2, 0.25) is 0 Å². The average molecular weight is 386 g/mol. The fraction of sp³-hybridized carbons (Fsp3) is 0. The second kappa shape index (κ2) is 5.82. The molecule has 0 saturated heterocycles. The van der Waals surface area contributed by atoms with Crippen molar-refractivity contribution in [3.63, 3.8) is 0 Å². The summed E-state index contributed by atoms with van der Waals surface area (Å²) in [5.41, 5.74) is -1.83. The van der Waals surface area contributed by atoms with E-state index in [2.05, 4.69) is 0 Å². The first-order valence-electron chi connectivity index (χ1n) is 6.34. The number of hydrogen-bond acceptors (Lipinski definition) is 6. The van der Waals surface area contributed by atoms with Crippen LogP contribution in [-0.2, 0) is 20.2 Å². The van der Waals surface area contributed by atoms with Gasteiger partial charge in [0.2, 0.25) is 0 Å². The highest BCUT2D eigenvalue weighted by atomic mass is 32.2. The average Bonchev–Trinajstić information content (AvgIpc) is 2.49. The lowest BCUT2D eigenvalue weighted by atomic mass is 9.84. The van der Waals surface area contributed by atoms with Crippen LogP contribution >= 0.6 is 0 Å². The van der Waals surface area contributed by atoms with E-state index in [9.17, 15) is 35.5 Å². The van der Waals surface area contributed by atoms with E-state index in [1.54, 1.807) is 0 Å². The monoisotopic (exact) mass is 386 g/mol. The van der Waals surface area contributed by atoms with Gasteiger partial charge in [-0.25, -0.2) is 0 Å². The van der Waals surface area contributed by atoms with Gasteiger partial charge in [-0.05, 0) is 12.1 Å². The highest BCUT2D eigenvalue weighted by Gasteiger charge is 2.37. The molecule has 1 aliphatic carbocycles. The Kier molecular flexibility index (Phi) is 4.40. The molecule has 0 amide bonds. The van der Waals surface area contributed by atoms with E-state index in [-0.39, 0.29) is 16.6 Å². The fourth-order valence-electron chi connectivity index (χ4n) is 2.61. The minimum Gasteiger partial charge on any atom is -0.412 e. The van der Waals surface area contributed by atoms with Crippen molar-refractivity contribution in [2.75, 3.05) is 0 Å². The van der Waals surface area contributed by atoms with Crippen LogP contribution in [0.25, 0.3) is 0 Å². The van der Waals surface area contributed by atoms with Gasteiger partial charge >= 0.3 is 0 Å². The van der Waals surface area contributed by atoms with Crippen LogP contribution in [0.4, 0.5) is 0 Å². The van der Waals surface area contributed by atoms with Crippen molar-refractivity contribution in [1.82, 2.24) is 0 Å². The van der Waals surface area contributed by atoms with Gasteiger partial charge in [-0.2, -0.15) is 16.8 Å². The van der Waals surface area contributed by atoms with Crippen LogP contribution in [0.15, 0.2) is 46.2 Å². The van der Waals surface area contributed by atoms with Crippen LogP contribution in [0, 0.1) is 0 Å². The van der Waals surface area contributed by atoms with Crippen LogP contribution in [0.3, 0.4) is 0 Å². The molecule has 11 heteroatoms. The number of carbonyl (C=O) groups excluding carboxylic acids is 2. The summed E-state index contributed by atoms with van der Waals surface area (Å²) >= 11 is 0. The van der Waals surface area contributed by atoms with Crippen molar-refractivity contribution < 1.29 is 41.0 Å². The third-order valence-electron chi connectivity index (χ3n) is 3.55. The Bertz CT molecular complexity index is 1040. The molecule has 0 aromatic heterocycles. The van der Waals surface area contributed by atoms with E-state index in [1.807, 2.05) is 0 Å². The molecule has 0 unspecified atom stereocenters. The summed E-state index contributed by atoms with van der Waals surface area (Å²) in [6, 6.07) is 6.44. The number of rotatable bonds is 2. The van der Waals surface area contributed by atoms with Crippen molar-refractivity contribution in [3.05, 3.63) is 58.7 Å². The lowest BCUT2D eigenvalue weighted by Gasteiger charge is -2.20. The van der Waals surface area contributed by atoms with Gasteiger partial charge in [0.25, 0.3) is 20.2 Å². The number of carbonyl (C=O) groups is 2. The Hall–Kier alpha value is -2.44. The van der Waals surface area contributed by atoms with Gasteiger partial charge in [0.1, 0.15) is 9.79 Å². The Morgan fingerprint density at radius 2 is 0.960 bits per heavy atom. The molecule has 0 heterocycles. The van der Waals surface area contributed by atoms with Gasteiger partial charge in [-0.3, -0.25) is 18.7 Å². The number of ketones is 2. The molecule has 0 saturated carbocycles. The zero-order valence-corrected chi connectivity index (χ0v) is 13.8. The molecule has 0 bridgehead atoms. The third-order valence-corrected chi connectivity index (χ3v) is 5.34. The summed E-state index contributed by atoms with van der Waals surface area (Å²) in [7, 11) is -9.56. The van der Waals surface area contributed by atoms with E-state index in [0.29, 0.717) is 0 Å². The maximum Gasteiger partial charge on any atom is 0.295 e. The minimum atomic E-state index is -4.78. The minimum absolute atomic E-state index is 0. The Balaban J connectivity index is 0.00000225. The highest BCUT2D eigenvalue weighted by molar-refractivity contribution is 7.86. The molecule has 3 rings (SSSR count). The quantitative estimate of drug-likeness (QED) is 0.584. The molecule has 4 N–H and O–H groups in total. The molecule has 132 valence electrons. The lowest BCUT2D eigenvalue weighted by molar-refractivity contribution is 0.0974. The van der Waals surface area contributed by atoms with E-state index in [0.717, 1.165) is 36.4 Å². The van der Waals surface area contributed by atoms with E-state index < -0.39 is 52.7 Å². The van der Waals surface area contributed by atoms with Crippen molar-refractivity contribution in [1.29, 1.82) is 0 Å². The predicted octanol–water partition coefficient (Wildman–Crippen LogP) is 0.131. The van der Waals surface area contributed by atoms with Crippen LogP contribution < -0.4 is 0 Å². The molecule has 1 aliphatic rings. The molecule has 0 fully saturated rings. The van der Waals surface area contributed by atoms with Crippen LogP contribution in [0.1, 0.15) is 31.8 Å². The molecule has 9 nitrogen and oxygen atoms in total. The molecule has 0 atom stereocenters. The first-order valence-corrected chi connectivity index (χ1v) is 9.22. The normalized spacial score (nSPS) is 13.7. The van der Waals surface area contributed by atoms with Gasteiger partial charge < -0.3 is 5.48 Å². The predicted molar refractivity (Wildman–Crippen MR) is 83.0 cm³/mol. The molecular weight excluding hydrogens is 376 g/mol. The standard InChI is InChI=1S/C14H8O8S2.H2O/c15-13-7-3-1-5-9(23(17,18)19)11(7)14(16)8-4-2-6-10(12(8)13)24(20,21)22;/h1-6H,(H,17,18,19)(H,20,21,22);1H2. The lowest BCUT2D eigenvalue weighted by Crippen LogP contribution is -2.25. The van der Waals surface area contributed by atoms with Crippen molar-refractivity contribution >= 4 is 31.8 Å². The maximum absolute atomic E-state index is 12.6. The molecule has 2 aromatic carbocycles. The highest BCUT2D eigenvalue weighted by Crippen LogP contribution is 2.34. The molecule has 2 aromatic rings. The Morgan fingerprint density at radius 1 is 0.640 bits per heavy atom. The maximum atomic E-state index is 12.6. The van der Waals surface area contributed by atoms with Crippen LogP contribution in [-0.4, -0.2) is 43.0 Å². The first-order chi connectivity index (χ1) is 11.0. The van der Waals surface area contributed by atoms with Gasteiger partial charge in [0, 0.05) is 11.1 Å². The summed E-state index contributed by atoms with van der Waals surface area (Å²) in [6.07, 6.45) is 0. The second-order valence-corrected chi connectivity index (χ2v) is 7.75. The summed E-state index contributed by atoms with van der Waals surface area (Å²) < 4.78 is 64.3. The second-order valence-electron chi connectivity index (χ2n) is 4.97. The summed E-state index contributed by atoms with van der Waals surface area (Å²) in [5.74, 6) is -1.89. The zero-order valence-electron chi connectivity index (χ0n) is 12.1. The first kappa shape index (κ1) is 18.9. The number of hydrogen-bond donors (Lipinski definition) is 2. The van der Waals surface area contributed by atoms with Gasteiger partial charge in [-0.15, -0.1) is 0 Å². The molecule has 0 spiro atoms. The fourth-order valence-corrected chi connectivity index (χ4v) is 4.03. The Labute approximate surface area is 141 Å². The van der Waals surface area contributed by atoms with Crippen LogP contribution in [0.5, 0.6) is 0 Å². The summed E-state index contributed by atoms with van der Waals surface area (Å²) in [4.78, 5) is 23.7. The topological polar surface area (TPSA) is 174 Å². The molecule has 25 heavy (non-hydrogen) atoms. The van der Waals surface area contributed by atoms with Crippen molar-refractivity contribution in [3.8, 4) is 0 Å². The van der Waals surface area contributed by atoms with E-state index in [1.165, 1.54) is 0 Å². The molecule has 0 aliphatic heterocycles.